The van der Waals surface area contributed by atoms with E-state index in [1.165, 1.54) is 7.11 Å². The zero-order valence-electron chi connectivity index (χ0n) is 7.95. The first-order chi connectivity index (χ1) is 6.63. The summed E-state index contributed by atoms with van der Waals surface area (Å²) in [7, 11) is 1.31. The van der Waals surface area contributed by atoms with Crippen LogP contribution in [-0.4, -0.2) is 30.7 Å². The van der Waals surface area contributed by atoms with Crippen LogP contribution in [0.2, 0.25) is 0 Å². The number of ether oxygens (including phenoxy) is 1. The van der Waals surface area contributed by atoms with Crippen LogP contribution in [0.1, 0.15) is 12.8 Å². The molecule has 0 spiro atoms. The van der Waals surface area contributed by atoms with Gasteiger partial charge in [-0.1, -0.05) is 0 Å². The first kappa shape index (κ1) is 10.6. The van der Waals surface area contributed by atoms with Crippen LogP contribution in [0.15, 0.2) is 11.8 Å². The molecule has 1 aliphatic heterocycles. The Balaban J connectivity index is 2.41. The molecule has 0 amide bonds. The van der Waals surface area contributed by atoms with Gasteiger partial charge in [0.15, 0.2) is 0 Å². The SMILES string of the molecule is COC(=O)C1=CC(CCC(=O)O)CN1. The first-order valence-corrected chi connectivity index (χ1v) is 4.39. The lowest BCUT2D eigenvalue weighted by Crippen LogP contribution is -2.18. The maximum absolute atomic E-state index is 11.0. The van der Waals surface area contributed by atoms with E-state index in [4.69, 9.17) is 5.11 Å². The van der Waals surface area contributed by atoms with Crippen molar-refractivity contribution in [3.8, 4) is 0 Å². The van der Waals surface area contributed by atoms with Crippen molar-refractivity contribution in [2.24, 2.45) is 5.92 Å². The van der Waals surface area contributed by atoms with Crippen LogP contribution < -0.4 is 5.32 Å². The van der Waals surface area contributed by atoms with Gasteiger partial charge in [0.25, 0.3) is 0 Å². The third-order valence-corrected chi connectivity index (χ3v) is 2.09. The Morgan fingerprint density at radius 2 is 2.43 bits per heavy atom. The molecule has 0 bridgehead atoms. The largest absolute Gasteiger partial charge is 0.481 e. The van der Waals surface area contributed by atoms with Crippen molar-refractivity contribution in [1.82, 2.24) is 5.32 Å². The zero-order chi connectivity index (χ0) is 10.6. The van der Waals surface area contributed by atoms with E-state index in [0.29, 0.717) is 18.7 Å². The van der Waals surface area contributed by atoms with E-state index in [-0.39, 0.29) is 12.3 Å². The monoisotopic (exact) mass is 199 g/mol. The van der Waals surface area contributed by atoms with Gasteiger partial charge in [0, 0.05) is 13.0 Å². The van der Waals surface area contributed by atoms with Crippen LogP contribution in [0.4, 0.5) is 0 Å². The summed E-state index contributed by atoms with van der Waals surface area (Å²) in [5.41, 5.74) is 0.433. The molecule has 2 N–H and O–H groups in total. The Kier molecular flexibility index (Phi) is 3.50. The molecule has 0 radical (unpaired) electrons. The molecule has 1 rings (SSSR count). The highest BCUT2D eigenvalue weighted by atomic mass is 16.5. The average molecular weight is 199 g/mol. The normalized spacial score (nSPS) is 19.8. The smallest absolute Gasteiger partial charge is 0.353 e. The first-order valence-electron chi connectivity index (χ1n) is 4.39. The van der Waals surface area contributed by atoms with Crippen LogP contribution in [-0.2, 0) is 14.3 Å². The second kappa shape index (κ2) is 4.64. The lowest BCUT2D eigenvalue weighted by molar-refractivity contribution is -0.137. The summed E-state index contributed by atoms with van der Waals surface area (Å²) in [4.78, 5) is 21.3. The Labute approximate surface area is 81.7 Å². The molecular weight excluding hydrogens is 186 g/mol. The van der Waals surface area contributed by atoms with Crippen molar-refractivity contribution in [3.05, 3.63) is 11.8 Å². The number of carboxylic acid groups (broad SMARTS) is 1. The molecule has 0 fully saturated rings. The van der Waals surface area contributed by atoms with Gasteiger partial charge in [-0.05, 0) is 18.4 Å². The summed E-state index contributed by atoms with van der Waals surface area (Å²) < 4.78 is 4.52. The molecule has 1 atom stereocenters. The van der Waals surface area contributed by atoms with E-state index in [1.54, 1.807) is 6.08 Å². The van der Waals surface area contributed by atoms with Gasteiger partial charge in [0.2, 0.25) is 0 Å². The maximum atomic E-state index is 11.0. The van der Waals surface area contributed by atoms with Crippen molar-refractivity contribution in [2.75, 3.05) is 13.7 Å². The Morgan fingerprint density at radius 3 is 3.00 bits per heavy atom. The van der Waals surface area contributed by atoms with E-state index < -0.39 is 11.9 Å². The summed E-state index contributed by atoms with van der Waals surface area (Å²) in [6.07, 6.45) is 2.40. The van der Waals surface area contributed by atoms with Crippen molar-refractivity contribution >= 4 is 11.9 Å². The highest BCUT2D eigenvalue weighted by Crippen LogP contribution is 2.16. The number of rotatable bonds is 4. The predicted molar refractivity (Wildman–Crippen MR) is 48.5 cm³/mol. The molecule has 0 aliphatic carbocycles. The summed E-state index contributed by atoms with van der Waals surface area (Å²) in [5.74, 6) is -1.10. The highest BCUT2D eigenvalue weighted by Gasteiger charge is 2.20. The molecule has 14 heavy (non-hydrogen) atoms. The van der Waals surface area contributed by atoms with Crippen LogP contribution in [0.5, 0.6) is 0 Å². The molecule has 5 heteroatoms. The lowest BCUT2D eigenvalue weighted by Gasteiger charge is -2.02. The van der Waals surface area contributed by atoms with Gasteiger partial charge in [-0.15, -0.1) is 0 Å². The zero-order valence-corrected chi connectivity index (χ0v) is 7.95. The number of carbonyl (C=O) groups is 2. The summed E-state index contributed by atoms with van der Waals surface area (Å²) in [6.45, 7) is 0.609. The standard InChI is InChI=1S/C9H13NO4/c1-14-9(13)7-4-6(5-10-7)2-3-8(11)12/h4,6,10H,2-3,5H2,1H3,(H,11,12). The van der Waals surface area contributed by atoms with Gasteiger partial charge in [-0.3, -0.25) is 4.79 Å². The van der Waals surface area contributed by atoms with Gasteiger partial charge in [-0.25, -0.2) is 4.79 Å². The van der Waals surface area contributed by atoms with Gasteiger partial charge < -0.3 is 15.2 Å². The predicted octanol–water partition coefficient (Wildman–Crippen LogP) is 0.127. The molecule has 0 aromatic carbocycles. The van der Waals surface area contributed by atoms with Crippen molar-refractivity contribution < 1.29 is 19.4 Å². The van der Waals surface area contributed by atoms with Gasteiger partial charge in [0.1, 0.15) is 5.70 Å². The number of carboxylic acids is 1. The van der Waals surface area contributed by atoms with E-state index >= 15 is 0 Å². The highest BCUT2D eigenvalue weighted by molar-refractivity contribution is 5.88. The van der Waals surface area contributed by atoms with Crippen LogP contribution in [0, 0.1) is 5.92 Å². The van der Waals surface area contributed by atoms with E-state index in [1.807, 2.05) is 0 Å². The van der Waals surface area contributed by atoms with E-state index in [2.05, 4.69) is 10.1 Å². The number of esters is 1. The van der Waals surface area contributed by atoms with Crippen LogP contribution >= 0.6 is 0 Å². The van der Waals surface area contributed by atoms with Crippen LogP contribution in [0.3, 0.4) is 0 Å². The van der Waals surface area contributed by atoms with Crippen LogP contribution in [0.25, 0.3) is 0 Å². The molecule has 78 valence electrons. The fourth-order valence-electron chi connectivity index (χ4n) is 1.34. The fourth-order valence-corrected chi connectivity index (χ4v) is 1.34. The second-order valence-corrected chi connectivity index (χ2v) is 3.15. The third kappa shape index (κ3) is 2.76. The van der Waals surface area contributed by atoms with Crippen molar-refractivity contribution in [3.63, 3.8) is 0 Å². The minimum absolute atomic E-state index is 0.111. The molecule has 5 nitrogen and oxygen atoms in total. The van der Waals surface area contributed by atoms with Gasteiger partial charge in [0.05, 0.1) is 7.11 Å². The van der Waals surface area contributed by atoms with Gasteiger partial charge >= 0.3 is 11.9 Å². The Bertz CT molecular complexity index is 272. The molecule has 1 heterocycles. The number of methoxy groups -OCH3 is 1. The van der Waals surface area contributed by atoms with Crippen molar-refractivity contribution in [1.29, 1.82) is 0 Å². The molecule has 1 aliphatic rings. The summed E-state index contributed by atoms with van der Waals surface area (Å²) in [6, 6.07) is 0. The maximum Gasteiger partial charge on any atom is 0.353 e. The molecule has 0 aromatic heterocycles. The lowest BCUT2D eigenvalue weighted by atomic mass is 10.1. The Morgan fingerprint density at radius 1 is 1.71 bits per heavy atom. The molecule has 0 aromatic rings. The van der Waals surface area contributed by atoms with Crippen molar-refractivity contribution in [2.45, 2.75) is 12.8 Å². The fraction of sp³-hybridized carbons (Fsp3) is 0.556. The summed E-state index contributed by atoms with van der Waals surface area (Å²) in [5, 5.41) is 11.3. The molecule has 0 saturated carbocycles. The topological polar surface area (TPSA) is 75.6 Å². The summed E-state index contributed by atoms with van der Waals surface area (Å²) >= 11 is 0. The number of hydrogen-bond acceptors (Lipinski definition) is 4. The quantitative estimate of drug-likeness (QED) is 0.629. The second-order valence-electron chi connectivity index (χ2n) is 3.15. The molecule has 0 saturated heterocycles. The molecular formula is C9H13NO4. The third-order valence-electron chi connectivity index (χ3n) is 2.09. The number of aliphatic carboxylic acids is 1. The molecule has 1 unspecified atom stereocenters. The van der Waals surface area contributed by atoms with E-state index in [9.17, 15) is 9.59 Å². The number of carbonyl (C=O) groups excluding carboxylic acids is 1. The number of hydrogen-bond donors (Lipinski definition) is 2. The average Bonchev–Trinajstić information content (AvgIpc) is 2.62. The Hall–Kier alpha value is -1.52. The van der Waals surface area contributed by atoms with E-state index in [0.717, 1.165) is 0 Å². The minimum Gasteiger partial charge on any atom is -0.481 e. The van der Waals surface area contributed by atoms with Gasteiger partial charge in [-0.2, -0.15) is 0 Å². The minimum atomic E-state index is -0.815. The number of nitrogens with one attached hydrogen (secondary N) is 1.